The van der Waals surface area contributed by atoms with Gasteiger partial charge in [0, 0.05) is 30.9 Å². The van der Waals surface area contributed by atoms with E-state index < -0.39 is 0 Å². The average molecular weight is 289 g/mol. The molecule has 5 heteroatoms. The van der Waals surface area contributed by atoms with E-state index in [0.29, 0.717) is 12.2 Å². The second kappa shape index (κ2) is 5.76. The Morgan fingerprint density at radius 3 is 2.67 bits per heavy atom. The van der Waals surface area contributed by atoms with Crippen LogP contribution in [0.2, 0.25) is 0 Å². The maximum absolute atomic E-state index is 14.2. The fourth-order valence-corrected chi connectivity index (χ4v) is 2.78. The lowest BCUT2D eigenvalue weighted by atomic mass is 10.2. The van der Waals surface area contributed by atoms with E-state index in [2.05, 4.69) is 15.4 Å². The van der Waals surface area contributed by atoms with Gasteiger partial charge in [-0.15, -0.1) is 0 Å². The van der Waals surface area contributed by atoms with Crippen LogP contribution >= 0.6 is 0 Å². The Balaban J connectivity index is 1.70. The number of hydrogen-bond donors (Lipinski definition) is 1. The zero-order chi connectivity index (χ0) is 14.8. The molecule has 0 unspecified atom stereocenters. The fourth-order valence-electron chi connectivity index (χ4n) is 2.78. The summed E-state index contributed by atoms with van der Waals surface area (Å²) in [6.45, 7) is 6.27. The first kappa shape index (κ1) is 13.9. The van der Waals surface area contributed by atoms with Crippen molar-refractivity contribution in [1.29, 1.82) is 0 Å². The first-order valence-electron chi connectivity index (χ1n) is 7.35. The van der Waals surface area contributed by atoms with E-state index in [1.807, 2.05) is 26.0 Å². The van der Waals surface area contributed by atoms with Gasteiger partial charge in [0.05, 0.1) is 11.4 Å². The summed E-state index contributed by atoms with van der Waals surface area (Å²) >= 11 is 0. The van der Waals surface area contributed by atoms with Crippen LogP contribution in [0.15, 0.2) is 22.7 Å². The SMILES string of the molecule is Cc1noc(C)c1CNc1ccc(N2CCCC2)c(F)c1. The van der Waals surface area contributed by atoms with Crippen LogP contribution in [0.3, 0.4) is 0 Å². The lowest BCUT2D eigenvalue weighted by Gasteiger charge is -2.19. The highest BCUT2D eigenvalue weighted by molar-refractivity contribution is 5.57. The van der Waals surface area contributed by atoms with Crippen molar-refractivity contribution in [2.75, 3.05) is 23.3 Å². The molecule has 112 valence electrons. The van der Waals surface area contributed by atoms with Gasteiger partial charge in [-0.1, -0.05) is 5.16 Å². The summed E-state index contributed by atoms with van der Waals surface area (Å²) in [5.74, 6) is 0.634. The predicted molar refractivity (Wildman–Crippen MR) is 81.2 cm³/mol. The fraction of sp³-hybridized carbons (Fsp3) is 0.438. The average Bonchev–Trinajstić information content (AvgIpc) is 3.08. The van der Waals surface area contributed by atoms with Crippen LogP contribution in [0, 0.1) is 19.7 Å². The van der Waals surface area contributed by atoms with Gasteiger partial charge in [0.1, 0.15) is 11.6 Å². The van der Waals surface area contributed by atoms with Crippen molar-refractivity contribution >= 4 is 11.4 Å². The number of benzene rings is 1. The standard InChI is InChI=1S/C16H20FN3O/c1-11-14(12(2)21-19-11)10-18-13-5-6-16(15(17)9-13)20-7-3-4-8-20/h5-6,9,18H,3-4,7-8,10H2,1-2H3. The van der Waals surface area contributed by atoms with Crippen LogP contribution in [0.5, 0.6) is 0 Å². The minimum atomic E-state index is -0.166. The van der Waals surface area contributed by atoms with Crippen molar-refractivity contribution in [2.45, 2.75) is 33.2 Å². The third-order valence-electron chi connectivity index (χ3n) is 4.04. The molecule has 1 aromatic heterocycles. The highest BCUT2D eigenvalue weighted by Gasteiger charge is 2.16. The molecule has 1 saturated heterocycles. The maximum Gasteiger partial charge on any atom is 0.148 e. The van der Waals surface area contributed by atoms with Crippen molar-refractivity contribution in [2.24, 2.45) is 0 Å². The van der Waals surface area contributed by atoms with Gasteiger partial charge in [-0.05, 0) is 44.9 Å². The van der Waals surface area contributed by atoms with Crippen LogP contribution in [0.1, 0.15) is 29.9 Å². The van der Waals surface area contributed by atoms with Gasteiger partial charge in [0.25, 0.3) is 0 Å². The van der Waals surface area contributed by atoms with Gasteiger partial charge in [-0.3, -0.25) is 0 Å². The molecule has 1 aliphatic rings. The highest BCUT2D eigenvalue weighted by atomic mass is 19.1. The number of hydrogen-bond acceptors (Lipinski definition) is 4. The van der Waals surface area contributed by atoms with Gasteiger partial charge in [0.2, 0.25) is 0 Å². The summed E-state index contributed by atoms with van der Waals surface area (Å²) < 4.78 is 19.3. The molecule has 1 aliphatic heterocycles. The van der Waals surface area contributed by atoms with Gasteiger partial charge >= 0.3 is 0 Å². The van der Waals surface area contributed by atoms with Crippen LogP contribution < -0.4 is 10.2 Å². The molecule has 0 bridgehead atoms. The Labute approximate surface area is 123 Å². The van der Waals surface area contributed by atoms with E-state index in [1.165, 1.54) is 0 Å². The van der Waals surface area contributed by atoms with Gasteiger partial charge in [0.15, 0.2) is 0 Å². The van der Waals surface area contributed by atoms with E-state index in [0.717, 1.165) is 48.6 Å². The minimum absolute atomic E-state index is 0.166. The van der Waals surface area contributed by atoms with Crippen LogP contribution in [0.25, 0.3) is 0 Å². The lowest BCUT2D eigenvalue weighted by molar-refractivity contribution is 0.392. The molecule has 0 saturated carbocycles. The van der Waals surface area contributed by atoms with Crippen molar-refractivity contribution in [3.63, 3.8) is 0 Å². The van der Waals surface area contributed by atoms with Crippen molar-refractivity contribution < 1.29 is 8.91 Å². The molecule has 2 heterocycles. The van der Waals surface area contributed by atoms with Crippen molar-refractivity contribution in [3.05, 3.63) is 41.0 Å². The largest absolute Gasteiger partial charge is 0.381 e. The zero-order valence-corrected chi connectivity index (χ0v) is 12.4. The number of aromatic nitrogens is 1. The molecule has 21 heavy (non-hydrogen) atoms. The number of nitrogens with one attached hydrogen (secondary N) is 1. The molecule has 1 fully saturated rings. The first-order valence-corrected chi connectivity index (χ1v) is 7.35. The third-order valence-corrected chi connectivity index (χ3v) is 4.04. The lowest BCUT2D eigenvalue weighted by Crippen LogP contribution is -2.19. The Hall–Kier alpha value is -2.04. The Bertz CT molecular complexity index is 613. The smallest absolute Gasteiger partial charge is 0.148 e. The van der Waals surface area contributed by atoms with Crippen LogP contribution in [-0.2, 0) is 6.54 Å². The zero-order valence-electron chi connectivity index (χ0n) is 12.4. The summed E-state index contributed by atoms with van der Waals surface area (Å²) in [6.07, 6.45) is 2.29. The summed E-state index contributed by atoms with van der Waals surface area (Å²) in [4.78, 5) is 2.10. The summed E-state index contributed by atoms with van der Waals surface area (Å²) in [5, 5.41) is 7.15. The Morgan fingerprint density at radius 1 is 1.29 bits per heavy atom. The normalized spacial score (nSPS) is 14.7. The number of halogens is 1. The molecule has 0 amide bonds. The molecular weight excluding hydrogens is 269 g/mol. The predicted octanol–water partition coefficient (Wildman–Crippen LogP) is 3.64. The minimum Gasteiger partial charge on any atom is -0.381 e. The Kier molecular flexibility index (Phi) is 3.82. The number of rotatable bonds is 4. The maximum atomic E-state index is 14.2. The van der Waals surface area contributed by atoms with E-state index in [-0.39, 0.29) is 5.82 Å². The second-order valence-electron chi connectivity index (χ2n) is 5.52. The van der Waals surface area contributed by atoms with Gasteiger partial charge in [-0.2, -0.15) is 0 Å². The monoisotopic (exact) mass is 289 g/mol. The van der Waals surface area contributed by atoms with Crippen molar-refractivity contribution in [3.8, 4) is 0 Å². The van der Waals surface area contributed by atoms with E-state index >= 15 is 0 Å². The molecule has 0 aliphatic carbocycles. The summed E-state index contributed by atoms with van der Waals surface area (Å²) in [6, 6.07) is 5.34. The summed E-state index contributed by atoms with van der Waals surface area (Å²) in [5.41, 5.74) is 3.37. The number of anilines is 2. The van der Waals surface area contributed by atoms with Crippen molar-refractivity contribution in [1.82, 2.24) is 5.16 Å². The number of aryl methyl sites for hydroxylation is 2. The van der Waals surface area contributed by atoms with Gasteiger partial charge < -0.3 is 14.7 Å². The quantitative estimate of drug-likeness (QED) is 0.933. The molecule has 0 spiro atoms. The van der Waals surface area contributed by atoms with Crippen LogP contribution in [0.4, 0.5) is 15.8 Å². The van der Waals surface area contributed by atoms with E-state index in [4.69, 9.17) is 4.52 Å². The molecule has 2 aromatic rings. The molecular formula is C16H20FN3O. The highest BCUT2D eigenvalue weighted by Crippen LogP contribution is 2.26. The topological polar surface area (TPSA) is 41.3 Å². The van der Waals surface area contributed by atoms with Gasteiger partial charge in [-0.25, -0.2) is 4.39 Å². The van der Waals surface area contributed by atoms with E-state index in [1.54, 1.807) is 6.07 Å². The molecule has 0 atom stereocenters. The first-order chi connectivity index (χ1) is 10.1. The molecule has 4 nitrogen and oxygen atoms in total. The molecule has 1 N–H and O–H groups in total. The van der Waals surface area contributed by atoms with E-state index in [9.17, 15) is 4.39 Å². The molecule has 1 aromatic carbocycles. The van der Waals surface area contributed by atoms with Crippen LogP contribution in [-0.4, -0.2) is 18.2 Å². The molecule has 0 radical (unpaired) electrons. The second-order valence-corrected chi connectivity index (χ2v) is 5.52. The summed E-state index contributed by atoms with van der Waals surface area (Å²) in [7, 11) is 0. The molecule has 3 rings (SSSR count). The Morgan fingerprint density at radius 2 is 2.05 bits per heavy atom. The third kappa shape index (κ3) is 2.86. The number of nitrogens with zero attached hydrogens (tertiary/aromatic N) is 2.